The van der Waals surface area contributed by atoms with Crippen molar-refractivity contribution < 1.29 is 31.4 Å². The molecule has 0 aliphatic carbocycles. The molecular formula is C17H29BF4N2O2. The van der Waals surface area contributed by atoms with E-state index in [1.807, 2.05) is 0 Å². The molecule has 0 saturated carbocycles. The highest BCUT2D eigenvalue weighted by atomic mass is 19.5. The molecule has 0 bridgehead atoms. The molecule has 0 amide bonds. The second kappa shape index (κ2) is 13.4. The monoisotopic (exact) mass is 380 g/mol. The predicted octanol–water partition coefficient (Wildman–Crippen LogP) is 4.56. The van der Waals surface area contributed by atoms with E-state index in [0.717, 1.165) is 25.9 Å². The summed E-state index contributed by atoms with van der Waals surface area (Å²) < 4.78 is 48.5. The quantitative estimate of drug-likeness (QED) is 0.141. The molecule has 0 unspecified atom stereocenters. The van der Waals surface area contributed by atoms with Gasteiger partial charge in [0, 0.05) is 5.57 Å². The highest BCUT2D eigenvalue weighted by molar-refractivity contribution is 6.50. The fourth-order valence-electron chi connectivity index (χ4n) is 2.15. The van der Waals surface area contributed by atoms with E-state index in [4.69, 9.17) is 4.74 Å². The normalized spacial score (nSPS) is 10.8. The number of halogens is 4. The van der Waals surface area contributed by atoms with Gasteiger partial charge in [0.2, 0.25) is 6.33 Å². The van der Waals surface area contributed by atoms with Crippen molar-refractivity contribution >= 4 is 13.2 Å². The number of imidazole rings is 1. The third kappa shape index (κ3) is 15.7. The molecule has 0 fully saturated rings. The lowest BCUT2D eigenvalue weighted by Crippen LogP contribution is -2.30. The lowest BCUT2D eigenvalue weighted by Gasteiger charge is -2.04. The van der Waals surface area contributed by atoms with E-state index in [9.17, 15) is 22.1 Å². The van der Waals surface area contributed by atoms with Gasteiger partial charge in [-0.2, -0.15) is 0 Å². The molecule has 1 heterocycles. The molecule has 150 valence electrons. The standard InChI is InChI=1S/C17H29N2O2.BF4/c1-4-18-12-13-19(15-18)11-9-7-5-6-8-10-14-21-17(20)16(2)3;2-1(3,4)5/h12-13,15H,2,4-11,14H2,1,3H3;/q+1;-1. The Morgan fingerprint density at radius 3 is 2.15 bits per heavy atom. The SMILES string of the molecule is C=C(C)C(=O)OCCCCCCCC[n+]1ccn(CC)c1.F[B-](F)(F)F. The van der Waals surface area contributed by atoms with Gasteiger partial charge in [0.1, 0.15) is 12.4 Å². The number of aryl methyl sites for hydroxylation is 2. The van der Waals surface area contributed by atoms with Gasteiger partial charge in [0.05, 0.1) is 19.7 Å². The molecule has 0 spiro atoms. The number of carbonyl (C=O) groups is 1. The number of ether oxygens (including phenoxy) is 1. The summed E-state index contributed by atoms with van der Waals surface area (Å²) in [5.74, 6) is -0.272. The van der Waals surface area contributed by atoms with Gasteiger partial charge in [0.15, 0.2) is 0 Å². The summed E-state index contributed by atoms with van der Waals surface area (Å²) in [6.07, 6.45) is 13.4. The molecule has 9 heteroatoms. The maximum atomic E-state index is 11.1. The zero-order valence-corrected chi connectivity index (χ0v) is 15.6. The van der Waals surface area contributed by atoms with Gasteiger partial charge in [-0.25, -0.2) is 13.9 Å². The average molecular weight is 380 g/mol. The van der Waals surface area contributed by atoms with Crippen molar-refractivity contribution in [3.63, 3.8) is 0 Å². The highest BCUT2D eigenvalue weighted by Gasteiger charge is 2.20. The molecule has 0 saturated heterocycles. The Hall–Kier alpha value is -1.80. The van der Waals surface area contributed by atoms with Crippen molar-refractivity contribution in [3.8, 4) is 0 Å². The summed E-state index contributed by atoms with van der Waals surface area (Å²) in [7, 11) is -6.00. The number of rotatable bonds is 11. The second-order valence-electron chi connectivity index (χ2n) is 6.01. The number of unbranched alkanes of at least 4 members (excludes halogenated alkanes) is 5. The molecule has 1 aromatic rings. The van der Waals surface area contributed by atoms with Crippen LogP contribution in [-0.2, 0) is 22.6 Å². The lowest BCUT2D eigenvalue weighted by atomic mass is 10.1. The predicted molar refractivity (Wildman–Crippen MR) is 94.0 cm³/mol. The Morgan fingerprint density at radius 2 is 1.65 bits per heavy atom. The van der Waals surface area contributed by atoms with Crippen LogP contribution in [0.25, 0.3) is 0 Å². The van der Waals surface area contributed by atoms with Crippen molar-refractivity contribution in [2.75, 3.05) is 6.61 Å². The maximum Gasteiger partial charge on any atom is 0.673 e. The largest absolute Gasteiger partial charge is 0.673 e. The van der Waals surface area contributed by atoms with Gasteiger partial charge in [0.25, 0.3) is 0 Å². The first-order valence-electron chi connectivity index (χ1n) is 8.88. The van der Waals surface area contributed by atoms with Gasteiger partial charge < -0.3 is 22.0 Å². The number of carbonyl (C=O) groups excluding carboxylic acids is 1. The Bertz CT molecular complexity index is 527. The first-order chi connectivity index (χ1) is 12.1. The fourth-order valence-corrected chi connectivity index (χ4v) is 2.15. The van der Waals surface area contributed by atoms with Crippen molar-refractivity contribution in [1.82, 2.24) is 4.57 Å². The molecular weight excluding hydrogens is 351 g/mol. The van der Waals surface area contributed by atoms with E-state index in [0.29, 0.717) is 12.2 Å². The van der Waals surface area contributed by atoms with Crippen LogP contribution in [0.2, 0.25) is 0 Å². The van der Waals surface area contributed by atoms with Crippen LogP contribution >= 0.6 is 0 Å². The van der Waals surface area contributed by atoms with Crippen LogP contribution in [0.3, 0.4) is 0 Å². The molecule has 0 N–H and O–H groups in total. The zero-order chi connectivity index (χ0) is 20.0. The van der Waals surface area contributed by atoms with Crippen LogP contribution in [0.15, 0.2) is 30.9 Å². The minimum atomic E-state index is -6.00. The van der Waals surface area contributed by atoms with Gasteiger partial charge in [-0.1, -0.05) is 25.8 Å². The van der Waals surface area contributed by atoms with Gasteiger partial charge in [-0.3, -0.25) is 0 Å². The third-order valence-corrected chi connectivity index (χ3v) is 3.50. The lowest BCUT2D eigenvalue weighted by molar-refractivity contribution is -0.696. The Morgan fingerprint density at radius 1 is 1.12 bits per heavy atom. The molecule has 0 aliphatic heterocycles. The minimum absolute atomic E-state index is 0.272. The Balaban J connectivity index is 0.00000110. The summed E-state index contributed by atoms with van der Waals surface area (Å²) in [6.45, 7) is 10.0. The van der Waals surface area contributed by atoms with E-state index in [-0.39, 0.29) is 5.97 Å². The van der Waals surface area contributed by atoms with Crippen molar-refractivity contribution in [3.05, 3.63) is 30.9 Å². The summed E-state index contributed by atoms with van der Waals surface area (Å²) in [5.41, 5.74) is 0.476. The van der Waals surface area contributed by atoms with E-state index in [2.05, 4.69) is 41.4 Å². The first kappa shape index (κ1) is 24.2. The number of aromatic nitrogens is 2. The number of nitrogens with zero attached hydrogens (tertiary/aromatic N) is 2. The zero-order valence-electron chi connectivity index (χ0n) is 15.6. The van der Waals surface area contributed by atoms with Crippen LogP contribution in [0.4, 0.5) is 17.3 Å². The summed E-state index contributed by atoms with van der Waals surface area (Å²) >= 11 is 0. The molecule has 0 radical (unpaired) electrons. The number of hydrogen-bond donors (Lipinski definition) is 0. The third-order valence-electron chi connectivity index (χ3n) is 3.50. The van der Waals surface area contributed by atoms with Crippen molar-refractivity contribution in [2.45, 2.75) is 65.5 Å². The van der Waals surface area contributed by atoms with E-state index in [1.165, 1.54) is 25.7 Å². The average Bonchev–Trinajstić information content (AvgIpc) is 2.99. The number of esters is 1. The van der Waals surface area contributed by atoms with Crippen molar-refractivity contribution in [1.29, 1.82) is 0 Å². The van der Waals surface area contributed by atoms with Crippen LogP contribution in [0, 0.1) is 0 Å². The molecule has 4 nitrogen and oxygen atoms in total. The molecule has 0 atom stereocenters. The maximum absolute atomic E-state index is 11.1. The smallest absolute Gasteiger partial charge is 0.462 e. The van der Waals surface area contributed by atoms with Gasteiger partial charge in [-0.15, -0.1) is 0 Å². The number of hydrogen-bond acceptors (Lipinski definition) is 2. The Labute approximate surface area is 152 Å². The molecule has 0 aliphatic rings. The van der Waals surface area contributed by atoms with Crippen LogP contribution in [-0.4, -0.2) is 24.4 Å². The van der Waals surface area contributed by atoms with Crippen molar-refractivity contribution in [2.24, 2.45) is 0 Å². The topological polar surface area (TPSA) is 35.1 Å². The minimum Gasteiger partial charge on any atom is -0.462 e. The van der Waals surface area contributed by atoms with Crippen LogP contribution < -0.4 is 4.57 Å². The molecule has 1 rings (SSSR count). The summed E-state index contributed by atoms with van der Waals surface area (Å²) in [4.78, 5) is 11.1. The molecule has 1 aromatic heterocycles. The van der Waals surface area contributed by atoms with E-state index >= 15 is 0 Å². The molecule has 0 aromatic carbocycles. The molecule has 26 heavy (non-hydrogen) atoms. The fraction of sp³-hybridized carbons (Fsp3) is 0.647. The highest BCUT2D eigenvalue weighted by Crippen LogP contribution is 2.07. The van der Waals surface area contributed by atoms with Gasteiger partial charge >= 0.3 is 13.2 Å². The summed E-state index contributed by atoms with van der Waals surface area (Å²) in [6, 6.07) is 0. The summed E-state index contributed by atoms with van der Waals surface area (Å²) in [5, 5.41) is 0. The first-order valence-corrected chi connectivity index (χ1v) is 8.88. The second-order valence-corrected chi connectivity index (χ2v) is 6.01. The van der Waals surface area contributed by atoms with E-state index < -0.39 is 7.25 Å². The van der Waals surface area contributed by atoms with Crippen LogP contribution in [0.1, 0.15) is 52.4 Å². The van der Waals surface area contributed by atoms with Gasteiger partial charge in [-0.05, 0) is 33.1 Å². The van der Waals surface area contributed by atoms with Crippen LogP contribution in [0.5, 0.6) is 0 Å². The van der Waals surface area contributed by atoms with E-state index in [1.54, 1.807) is 6.92 Å². The Kier molecular flexibility index (Phi) is 12.5.